The number of phenolic OH excluding ortho intramolecular Hbond substituents is 1. The number of carbonyl (C=O) groups excluding carboxylic acids is 1. The number of rotatable bonds is 2. The summed E-state index contributed by atoms with van der Waals surface area (Å²) in [4.78, 5) is 14.0. The van der Waals surface area contributed by atoms with Gasteiger partial charge in [-0.15, -0.1) is 0 Å². The summed E-state index contributed by atoms with van der Waals surface area (Å²) in [6, 6.07) is 5.92. The van der Waals surface area contributed by atoms with Crippen molar-refractivity contribution in [2.24, 2.45) is 29.1 Å². The van der Waals surface area contributed by atoms with Gasteiger partial charge in [0.25, 0.3) is 0 Å². The highest BCUT2D eigenvalue weighted by molar-refractivity contribution is 5.84. The van der Waals surface area contributed by atoms with Crippen molar-refractivity contribution in [3.8, 4) is 5.75 Å². The number of phenols is 1. The van der Waals surface area contributed by atoms with Crippen LogP contribution in [0.2, 0.25) is 0 Å². The van der Waals surface area contributed by atoms with Crippen molar-refractivity contribution >= 4 is 5.91 Å². The van der Waals surface area contributed by atoms with E-state index in [0.717, 1.165) is 49.9 Å². The monoisotopic (exact) mass is 407 g/mol. The zero-order valence-electron chi connectivity index (χ0n) is 18.7. The van der Waals surface area contributed by atoms with Crippen LogP contribution in [0.4, 0.5) is 0 Å². The smallest absolute Gasteiger partial charge is 0.226 e. The van der Waals surface area contributed by atoms with Gasteiger partial charge in [-0.1, -0.05) is 26.3 Å². The summed E-state index contributed by atoms with van der Waals surface area (Å²) in [7, 11) is 0. The van der Waals surface area contributed by atoms with Gasteiger partial charge in [0.1, 0.15) is 5.75 Å². The molecule has 5 saturated carbocycles. The van der Waals surface area contributed by atoms with E-state index in [1.165, 1.54) is 49.7 Å². The molecule has 0 unspecified atom stereocenters. The molecule has 7 rings (SSSR count). The van der Waals surface area contributed by atoms with Crippen LogP contribution in [-0.4, -0.2) is 16.6 Å². The zero-order chi connectivity index (χ0) is 20.7. The maximum atomic E-state index is 14.0. The minimum atomic E-state index is -0.306. The molecule has 0 aromatic heterocycles. The van der Waals surface area contributed by atoms with Crippen LogP contribution >= 0.6 is 0 Å². The van der Waals surface area contributed by atoms with Crippen LogP contribution in [0.3, 0.4) is 0 Å². The maximum absolute atomic E-state index is 14.0. The van der Waals surface area contributed by atoms with E-state index in [4.69, 9.17) is 0 Å². The summed E-state index contributed by atoms with van der Waals surface area (Å²) in [5.74, 6) is 3.60. The largest absolute Gasteiger partial charge is 0.508 e. The SMILES string of the molecule is C[C@@]1(C(=O)NC23CC4CC(CC(C4)C2)C3)CCC[C@]2(C)c3cc(O)ccc3CC[C@@H]12. The van der Waals surface area contributed by atoms with E-state index in [0.29, 0.717) is 17.6 Å². The molecule has 162 valence electrons. The van der Waals surface area contributed by atoms with Crippen LogP contribution < -0.4 is 5.32 Å². The Kier molecular flexibility index (Phi) is 4.01. The summed E-state index contributed by atoms with van der Waals surface area (Å²) in [6.07, 6.45) is 13.2. The van der Waals surface area contributed by atoms with Crippen LogP contribution in [0.25, 0.3) is 0 Å². The third kappa shape index (κ3) is 2.66. The Morgan fingerprint density at radius 3 is 2.37 bits per heavy atom. The van der Waals surface area contributed by atoms with Crippen molar-refractivity contribution in [3.05, 3.63) is 29.3 Å². The molecule has 0 radical (unpaired) electrons. The number of carbonyl (C=O) groups is 1. The van der Waals surface area contributed by atoms with Crippen molar-refractivity contribution in [2.75, 3.05) is 0 Å². The minimum Gasteiger partial charge on any atom is -0.508 e. The predicted molar refractivity (Wildman–Crippen MR) is 118 cm³/mol. The first-order valence-electron chi connectivity index (χ1n) is 12.4. The highest BCUT2D eigenvalue weighted by Gasteiger charge is 2.57. The molecule has 6 aliphatic rings. The number of benzene rings is 1. The third-order valence-electron chi connectivity index (χ3n) is 10.3. The Labute approximate surface area is 181 Å². The summed E-state index contributed by atoms with van der Waals surface area (Å²) >= 11 is 0. The lowest BCUT2D eigenvalue weighted by Gasteiger charge is -2.59. The number of nitrogens with one attached hydrogen (secondary N) is 1. The molecule has 0 heterocycles. The first-order chi connectivity index (χ1) is 14.3. The number of aryl methyl sites for hydroxylation is 1. The van der Waals surface area contributed by atoms with E-state index in [-0.39, 0.29) is 16.4 Å². The van der Waals surface area contributed by atoms with Gasteiger partial charge in [0.2, 0.25) is 5.91 Å². The normalized spacial score (nSPS) is 46.2. The molecule has 0 saturated heterocycles. The lowest BCUT2D eigenvalue weighted by Crippen LogP contribution is -2.64. The van der Waals surface area contributed by atoms with E-state index in [1.54, 1.807) is 0 Å². The van der Waals surface area contributed by atoms with Crippen molar-refractivity contribution in [1.29, 1.82) is 0 Å². The first-order valence-corrected chi connectivity index (χ1v) is 12.4. The van der Waals surface area contributed by atoms with E-state index in [9.17, 15) is 9.90 Å². The molecule has 3 heteroatoms. The minimum absolute atomic E-state index is 0.0157. The van der Waals surface area contributed by atoms with Crippen LogP contribution in [-0.2, 0) is 16.6 Å². The average molecular weight is 408 g/mol. The fourth-order valence-electron chi connectivity index (χ4n) is 9.37. The zero-order valence-corrected chi connectivity index (χ0v) is 18.7. The van der Waals surface area contributed by atoms with Crippen LogP contribution in [0, 0.1) is 29.1 Å². The molecule has 1 aromatic rings. The molecule has 3 atom stereocenters. The average Bonchev–Trinajstić information content (AvgIpc) is 2.67. The highest BCUT2D eigenvalue weighted by atomic mass is 16.3. The molecule has 2 N–H and O–H groups in total. The fourth-order valence-corrected chi connectivity index (χ4v) is 9.37. The topological polar surface area (TPSA) is 49.3 Å². The quantitative estimate of drug-likeness (QED) is 0.681. The van der Waals surface area contributed by atoms with Gasteiger partial charge in [0.05, 0.1) is 5.41 Å². The summed E-state index contributed by atoms with van der Waals surface area (Å²) in [6.45, 7) is 4.63. The Bertz CT molecular complexity index is 856. The highest BCUT2D eigenvalue weighted by Crippen LogP contribution is 2.59. The molecule has 4 bridgehead atoms. The van der Waals surface area contributed by atoms with E-state index in [2.05, 4.69) is 25.2 Å². The predicted octanol–water partition coefficient (Wildman–Crippen LogP) is 5.49. The van der Waals surface area contributed by atoms with Crippen molar-refractivity contribution < 1.29 is 9.90 Å². The van der Waals surface area contributed by atoms with E-state index < -0.39 is 0 Å². The van der Waals surface area contributed by atoms with Gasteiger partial charge in [-0.2, -0.15) is 0 Å². The van der Waals surface area contributed by atoms with Gasteiger partial charge >= 0.3 is 0 Å². The second-order valence-electron chi connectivity index (χ2n) is 12.3. The Hall–Kier alpha value is -1.51. The number of aromatic hydroxyl groups is 1. The second kappa shape index (κ2) is 6.26. The van der Waals surface area contributed by atoms with Crippen molar-refractivity contribution in [3.63, 3.8) is 0 Å². The fraction of sp³-hybridized carbons (Fsp3) is 0.741. The Balaban J connectivity index is 1.31. The Morgan fingerprint density at radius 1 is 1.03 bits per heavy atom. The number of hydrogen-bond donors (Lipinski definition) is 2. The standard InChI is InChI=1S/C27H37NO2/c1-25-8-3-9-26(2,23(25)7-5-20-4-6-21(29)13-22(20)25)24(30)28-27-14-17-10-18(15-27)12-19(11-17)16-27/h4,6,13,17-19,23,29H,3,5,7-12,14-16H2,1-2H3,(H,28,30)/t17?,18?,19?,23-,25-,26-,27?/m1/s1. The molecule has 0 aliphatic heterocycles. The van der Waals surface area contributed by atoms with Crippen molar-refractivity contribution in [2.45, 2.75) is 95.4 Å². The number of amides is 1. The second-order valence-corrected chi connectivity index (χ2v) is 12.3. The van der Waals surface area contributed by atoms with Gasteiger partial charge in [0.15, 0.2) is 0 Å². The van der Waals surface area contributed by atoms with Gasteiger partial charge in [-0.05, 0) is 117 Å². The van der Waals surface area contributed by atoms with Crippen LogP contribution in [0.1, 0.15) is 89.2 Å². The molecule has 5 fully saturated rings. The first kappa shape index (κ1) is 19.2. The Morgan fingerprint density at radius 2 is 1.70 bits per heavy atom. The van der Waals surface area contributed by atoms with Gasteiger partial charge in [0, 0.05) is 5.54 Å². The molecule has 1 amide bonds. The molecule has 0 spiro atoms. The molecular formula is C27H37NO2. The van der Waals surface area contributed by atoms with Gasteiger partial charge < -0.3 is 10.4 Å². The maximum Gasteiger partial charge on any atom is 0.226 e. The van der Waals surface area contributed by atoms with E-state index >= 15 is 0 Å². The number of fused-ring (bicyclic) bond motifs is 3. The molecular weight excluding hydrogens is 370 g/mol. The third-order valence-corrected chi connectivity index (χ3v) is 10.3. The lowest BCUT2D eigenvalue weighted by atomic mass is 9.49. The molecule has 1 aromatic carbocycles. The summed E-state index contributed by atoms with van der Waals surface area (Å²) in [5, 5.41) is 13.9. The lowest BCUT2D eigenvalue weighted by molar-refractivity contribution is -0.144. The molecule has 6 aliphatic carbocycles. The van der Waals surface area contributed by atoms with Gasteiger partial charge in [-0.3, -0.25) is 4.79 Å². The van der Waals surface area contributed by atoms with E-state index in [1.807, 2.05) is 12.1 Å². The summed E-state index contributed by atoms with van der Waals surface area (Å²) in [5.41, 5.74) is 2.44. The summed E-state index contributed by atoms with van der Waals surface area (Å²) < 4.78 is 0. The van der Waals surface area contributed by atoms with Crippen molar-refractivity contribution in [1.82, 2.24) is 5.32 Å². The molecule has 30 heavy (non-hydrogen) atoms. The number of hydrogen-bond acceptors (Lipinski definition) is 2. The van der Waals surface area contributed by atoms with Crippen LogP contribution in [0.5, 0.6) is 5.75 Å². The van der Waals surface area contributed by atoms with Gasteiger partial charge in [-0.25, -0.2) is 0 Å². The molecule has 3 nitrogen and oxygen atoms in total. The van der Waals surface area contributed by atoms with Crippen LogP contribution in [0.15, 0.2) is 18.2 Å².